The molecule has 1 heterocycles. The van der Waals surface area contributed by atoms with E-state index >= 15 is 0 Å². The third-order valence-corrected chi connectivity index (χ3v) is 4.11. The highest BCUT2D eigenvalue weighted by Gasteiger charge is 2.25. The molecule has 5 nitrogen and oxygen atoms in total. The first kappa shape index (κ1) is 13.1. The molecule has 3 rings (SSSR count). The number of amides is 1. The minimum atomic E-state index is -0.121. The number of benzene rings is 1. The third kappa shape index (κ3) is 2.29. The molecule has 0 saturated heterocycles. The van der Waals surface area contributed by atoms with Crippen LogP contribution in [-0.2, 0) is 7.05 Å². The summed E-state index contributed by atoms with van der Waals surface area (Å²) < 4.78 is 1.74. The molecule has 2 atom stereocenters. The van der Waals surface area contributed by atoms with E-state index in [0.29, 0.717) is 5.69 Å². The zero-order chi connectivity index (χ0) is 14.1. The van der Waals surface area contributed by atoms with Crippen molar-refractivity contribution in [3.63, 3.8) is 0 Å². The largest absolute Gasteiger partial charge is 0.346 e. The molecule has 20 heavy (non-hydrogen) atoms. The Bertz CT molecular complexity index is 634. The van der Waals surface area contributed by atoms with Crippen LogP contribution < -0.4 is 11.1 Å². The fourth-order valence-corrected chi connectivity index (χ4v) is 2.96. The van der Waals surface area contributed by atoms with Crippen molar-refractivity contribution in [3.8, 4) is 0 Å². The number of hydrogen-bond acceptors (Lipinski definition) is 3. The number of carbonyl (C=O) groups excluding carboxylic acids is 1. The minimum Gasteiger partial charge on any atom is -0.346 e. The van der Waals surface area contributed by atoms with Crippen LogP contribution in [-0.4, -0.2) is 27.8 Å². The average molecular weight is 272 g/mol. The summed E-state index contributed by atoms with van der Waals surface area (Å²) in [5, 5.41) is 8.28. The van der Waals surface area contributed by atoms with E-state index in [4.69, 9.17) is 5.73 Å². The zero-order valence-corrected chi connectivity index (χ0v) is 11.7. The van der Waals surface area contributed by atoms with Crippen LogP contribution in [0.1, 0.15) is 36.2 Å². The summed E-state index contributed by atoms with van der Waals surface area (Å²) in [7, 11) is 1.85. The number of para-hydroxylation sites is 1. The Labute approximate surface area is 118 Å². The Balaban J connectivity index is 1.85. The van der Waals surface area contributed by atoms with E-state index in [-0.39, 0.29) is 18.0 Å². The van der Waals surface area contributed by atoms with Gasteiger partial charge in [-0.25, -0.2) is 0 Å². The first-order chi connectivity index (χ1) is 9.66. The molecule has 1 aromatic carbocycles. The lowest BCUT2D eigenvalue weighted by Crippen LogP contribution is -2.49. The molecule has 0 radical (unpaired) electrons. The second-order valence-corrected chi connectivity index (χ2v) is 5.52. The lowest BCUT2D eigenvalue weighted by atomic mass is 9.91. The highest BCUT2D eigenvalue weighted by molar-refractivity contribution is 6.04. The molecule has 2 aromatic rings. The molecule has 0 spiro atoms. The topological polar surface area (TPSA) is 72.9 Å². The van der Waals surface area contributed by atoms with Gasteiger partial charge in [-0.1, -0.05) is 31.0 Å². The summed E-state index contributed by atoms with van der Waals surface area (Å²) in [4.78, 5) is 12.4. The highest BCUT2D eigenvalue weighted by Crippen LogP contribution is 2.20. The molecule has 1 aromatic heterocycles. The van der Waals surface area contributed by atoms with Gasteiger partial charge in [0.25, 0.3) is 5.91 Å². The van der Waals surface area contributed by atoms with Crippen LogP contribution in [0.3, 0.4) is 0 Å². The molecule has 0 bridgehead atoms. The van der Waals surface area contributed by atoms with Crippen LogP contribution in [0.2, 0.25) is 0 Å². The Morgan fingerprint density at radius 2 is 2.10 bits per heavy atom. The maximum atomic E-state index is 12.4. The summed E-state index contributed by atoms with van der Waals surface area (Å²) in [5.41, 5.74) is 7.53. The third-order valence-electron chi connectivity index (χ3n) is 4.11. The van der Waals surface area contributed by atoms with Crippen LogP contribution in [0, 0.1) is 0 Å². The molecule has 0 unspecified atom stereocenters. The van der Waals surface area contributed by atoms with Crippen molar-refractivity contribution in [2.45, 2.75) is 37.8 Å². The van der Waals surface area contributed by atoms with Crippen molar-refractivity contribution in [3.05, 3.63) is 30.0 Å². The molecular formula is C15H20N4O. The first-order valence-electron chi connectivity index (χ1n) is 7.15. The fraction of sp³-hybridized carbons (Fsp3) is 0.467. The van der Waals surface area contributed by atoms with Gasteiger partial charge in [0.2, 0.25) is 0 Å². The number of nitrogens with zero attached hydrogens (tertiary/aromatic N) is 2. The van der Waals surface area contributed by atoms with Gasteiger partial charge < -0.3 is 11.1 Å². The summed E-state index contributed by atoms with van der Waals surface area (Å²) in [5.74, 6) is -0.121. The Morgan fingerprint density at radius 3 is 2.90 bits per heavy atom. The van der Waals surface area contributed by atoms with Gasteiger partial charge in [-0.3, -0.25) is 9.48 Å². The second-order valence-electron chi connectivity index (χ2n) is 5.52. The summed E-state index contributed by atoms with van der Waals surface area (Å²) in [6.07, 6.45) is 4.22. The van der Waals surface area contributed by atoms with Crippen molar-refractivity contribution in [1.82, 2.24) is 15.1 Å². The van der Waals surface area contributed by atoms with E-state index in [1.807, 2.05) is 31.3 Å². The Morgan fingerprint density at radius 1 is 1.35 bits per heavy atom. The minimum absolute atomic E-state index is 0.0580. The smallest absolute Gasteiger partial charge is 0.272 e. The van der Waals surface area contributed by atoms with Crippen molar-refractivity contribution in [2.75, 3.05) is 0 Å². The summed E-state index contributed by atoms with van der Waals surface area (Å²) in [6, 6.07) is 7.89. The molecule has 3 N–H and O–H groups in total. The van der Waals surface area contributed by atoms with Crippen LogP contribution in [0.15, 0.2) is 24.3 Å². The molecule has 5 heteroatoms. The monoisotopic (exact) mass is 272 g/mol. The molecule has 1 aliphatic carbocycles. The van der Waals surface area contributed by atoms with Crippen molar-refractivity contribution >= 4 is 16.8 Å². The quantitative estimate of drug-likeness (QED) is 0.871. The number of aromatic nitrogens is 2. The number of carbonyl (C=O) groups is 1. The van der Waals surface area contributed by atoms with Crippen molar-refractivity contribution in [1.29, 1.82) is 0 Å². The number of fused-ring (bicyclic) bond motifs is 1. The summed E-state index contributed by atoms with van der Waals surface area (Å²) >= 11 is 0. The fourth-order valence-electron chi connectivity index (χ4n) is 2.96. The maximum Gasteiger partial charge on any atom is 0.272 e. The molecule has 1 fully saturated rings. The van der Waals surface area contributed by atoms with Crippen LogP contribution in [0.25, 0.3) is 10.9 Å². The van der Waals surface area contributed by atoms with E-state index < -0.39 is 0 Å². The van der Waals surface area contributed by atoms with Gasteiger partial charge in [0, 0.05) is 24.5 Å². The van der Waals surface area contributed by atoms with Gasteiger partial charge in [-0.05, 0) is 18.9 Å². The molecule has 1 amide bonds. The number of hydrogen-bond donors (Lipinski definition) is 2. The van der Waals surface area contributed by atoms with E-state index in [1.165, 1.54) is 0 Å². The van der Waals surface area contributed by atoms with E-state index in [0.717, 1.165) is 36.6 Å². The summed E-state index contributed by atoms with van der Waals surface area (Å²) in [6.45, 7) is 0. The number of aryl methyl sites for hydroxylation is 1. The Hall–Kier alpha value is -1.88. The second kappa shape index (κ2) is 5.25. The number of rotatable bonds is 2. The lowest BCUT2D eigenvalue weighted by molar-refractivity contribution is 0.0917. The van der Waals surface area contributed by atoms with Crippen LogP contribution in [0.5, 0.6) is 0 Å². The van der Waals surface area contributed by atoms with E-state index in [9.17, 15) is 4.79 Å². The predicted octanol–water partition coefficient (Wildman–Crippen LogP) is 1.57. The highest BCUT2D eigenvalue weighted by atomic mass is 16.2. The SMILES string of the molecule is Cn1nc(C(=O)N[C@@H]2CCCC[C@H]2N)c2ccccc21. The van der Waals surface area contributed by atoms with E-state index in [1.54, 1.807) is 4.68 Å². The average Bonchev–Trinajstić information content (AvgIpc) is 2.79. The van der Waals surface area contributed by atoms with Gasteiger partial charge in [0.05, 0.1) is 5.52 Å². The van der Waals surface area contributed by atoms with Crippen molar-refractivity contribution in [2.24, 2.45) is 12.8 Å². The zero-order valence-electron chi connectivity index (χ0n) is 11.7. The van der Waals surface area contributed by atoms with Crippen LogP contribution >= 0.6 is 0 Å². The van der Waals surface area contributed by atoms with Gasteiger partial charge in [-0.2, -0.15) is 5.10 Å². The molecule has 1 aliphatic rings. The lowest BCUT2D eigenvalue weighted by Gasteiger charge is -2.29. The van der Waals surface area contributed by atoms with E-state index in [2.05, 4.69) is 10.4 Å². The molecular weight excluding hydrogens is 252 g/mol. The predicted molar refractivity (Wildman–Crippen MR) is 78.4 cm³/mol. The standard InChI is InChI=1S/C15H20N4O/c1-19-13-9-5-2-6-10(13)14(18-19)15(20)17-12-8-4-3-7-11(12)16/h2,5-6,9,11-12H,3-4,7-8,16H2,1H3,(H,17,20)/t11-,12-/m1/s1. The first-order valence-corrected chi connectivity index (χ1v) is 7.15. The van der Waals surface area contributed by atoms with Gasteiger partial charge in [0.15, 0.2) is 5.69 Å². The number of nitrogens with two attached hydrogens (primary N) is 1. The molecule has 106 valence electrons. The maximum absolute atomic E-state index is 12.4. The normalized spacial score (nSPS) is 22.9. The van der Waals surface area contributed by atoms with Gasteiger partial charge in [0.1, 0.15) is 0 Å². The molecule has 0 aliphatic heterocycles. The van der Waals surface area contributed by atoms with Gasteiger partial charge in [-0.15, -0.1) is 0 Å². The Kier molecular flexibility index (Phi) is 3.44. The molecule has 1 saturated carbocycles. The van der Waals surface area contributed by atoms with Gasteiger partial charge >= 0.3 is 0 Å². The van der Waals surface area contributed by atoms with Crippen LogP contribution in [0.4, 0.5) is 0 Å². The number of nitrogens with one attached hydrogen (secondary N) is 1. The van der Waals surface area contributed by atoms with Crippen molar-refractivity contribution < 1.29 is 4.79 Å².